The molecule has 0 saturated heterocycles. The fourth-order valence-corrected chi connectivity index (χ4v) is 3.85. The Bertz CT molecular complexity index is 1030. The number of ether oxygens (including phenoxy) is 1. The SMILES string of the molecule is CCOc1ccc(-c2n[nH]c(=S)n2CC(=O)NCCSCc2ccccc2F)cc1. The molecule has 0 aliphatic rings. The van der Waals surface area contributed by atoms with Crippen LogP contribution in [0.1, 0.15) is 12.5 Å². The van der Waals surface area contributed by atoms with E-state index in [0.29, 0.717) is 40.8 Å². The van der Waals surface area contributed by atoms with E-state index < -0.39 is 0 Å². The number of rotatable bonds is 10. The van der Waals surface area contributed by atoms with Gasteiger partial charge in [-0.05, 0) is 55.0 Å². The Morgan fingerprint density at radius 1 is 1.27 bits per heavy atom. The summed E-state index contributed by atoms with van der Waals surface area (Å²) >= 11 is 6.85. The zero-order chi connectivity index (χ0) is 21.3. The molecule has 0 unspecified atom stereocenters. The summed E-state index contributed by atoms with van der Waals surface area (Å²) in [5.41, 5.74) is 1.50. The zero-order valence-corrected chi connectivity index (χ0v) is 18.2. The molecule has 1 heterocycles. The number of halogens is 1. The maximum atomic E-state index is 13.6. The highest BCUT2D eigenvalue weighted by molar-refractivity contribution is 7.98. The van der Waals surface area contributed by atoms with Crippen LogP contribution in [0.15, 0.2) is 48.5 Å². The molecule has 1 amide bonds. The third-order valence-electron chi connectivity index (χ3n) is 4.27. The van der Waals surface area contributed by atoms with Gasteiger partial charge >= 0.3 is 0 Å². The quantitative estimate of drug-likeness (QED) is 0.361. The number of H-pyrrole nitrogens is 1. The lowest BCUT2D eigenvalue weighted by Gasteiger charge is -2.09. The van der Waals surface area contributed by atoms with Gasteiger partial charge in [-0.3, -0.25) is 14.5 Å². The maximum absolute atomic E-state index is 13.6. The van der Waals surface area contributed by atoms with E-state index in [0.717, 1.165) is 11.3 Å². The topological polar surface area (TPSA) is 71.9 Å². The minimum atomic E-state index is -0.204. The molecule has 2 aromatic carbocycles. The highest BCUT2D eigenvalue weighted by atomic mass is 32.2. The van der Waals surface area contributed by atoms with E-state index in [4.69, 9.17) is 17.0 Å². The molecule has 0 aliphatic carbocycles. The van der Waals surface area contributed by atoms with Gasteiger partial charge in [0.25, 0.3) is 0 Å². The van der Waals surface area contributed by atoms with Crippen molar-refractivity contribution in [3.8, 4) is 17.1 Å². The summed E-state index contributed by atoms with van der Waals surface area (Å²) in [4.78, 5) is 12.4. The first-order valence-corrected chi connectivity index (χ1v) is 11.1. The number of thioether (sulfide) groups is 1. The molecular weight excluding hydrogens is 423 g/mol. The molecule has 0 atom stereocenters. The van der Waals surface area contributed by atoms with Gasteiger partial charge < -0.3 is 10.1 Å². The number of aromatic nitrogens is 3. The van der Waals surface area contributed by atoms with Gasteiger partial charge in [-0.15, -0.1) is 0 Å². The van der Waals surface area contributed by atoms with Crippen LogP contribution < -0.4 is 10.1 Å². The third-order valence-corrected chi connectivity index (χ3v) is 5.59. The van der Waals surface area contributed by atoms with Gasteiger partial charge in [0.2, 0.25) is 5.91 Å². The summed E-state index contributed by atoms with van der Waals surface area (Å²) in [6, 6.07) is 14.2. The lowest BCUT2D eigenvalue weighted by molar-refractivity contribution is -0.121. The number of hydrogen-bond donors (Lipinski definition) is 2. The molecule has 0 fully saturated rings. The van der Waals surface area contributed by atoms with Crippen LogP contribution in [0.4, 0.5) is 4.39 Å². The molecule has 2 N–H and O–H groups in total. The van der Waals surface area contributed by atoms with E-state index in [2.05, 4.69) is 15.5 Å². The van der Waals surface area contributed by atoms with Crippen LogP contribution in [-0.4, -0.2) is 39.6 Å². The van der Waals surface area contributed by atoms with E-state index in [-0.39, 0.29) is 18.3 Å². The van der Waals surface area contributed by atoms with Gasteiger partial charge in [0, 0.05) is 23.6 Å². The zero-order valence-electron chi connectivity index (χ0n) is 16.6. The van der Waals surface area contributed by atoms with Crippen molar-refractivity contribution >= 4 is 29.9 Å². The molecule has 9 heteroatoms. The number of hydrogen-bond acceptors (Lipinski definition) is 5. The number of amides is 1. The van der Waals surface area contributed by atoms with Gasteiger partial charge in [-0.2, -0.15) is 16.9 Å². The number of nitrogens with zero attached hydrogens (tertiary/aromatic N) is 2. The first-order chi connectivity index (χ1) is 14.6. The standard InChI is InChI=1S/C21H23FN4O2S2/c1-2-28-17-9-7-15(8-10-17)20-24-25-21(29)26(20)13-19(27)23-11-12-30-14-16-5-3-4-6-18(16)22/h3-10H,2,11-14H2,1H3,(H,23,27)(H,25,29). The van der Waals surface area contributed by atoms with E-state index >= 15 is 0 Å². The van der Waals surface area contributed by atoms with Gasteiger partial charge in [-0.1, -0.05) is 18.2 Å². The Labute approximate surface area is 183 Å². The first-order valence-electron chi connectivity index (χ1n) is 9.54. The Morgan fingerprint density at radius 3 is 2.77 bits per heavy atom. The molecule has 1 aromatic heterocycles. The minimum Gasteiger partial charge on any atom is -0.494 e. The van der Waals surface area contributed by atoms with E-state index in [1.165, 1.54) is 6.07 Å². The Kier molecular flexibility index (Phi) is 8.04. The number of carbonyl (C=O) groups excluding carboxylic acids is 1. The minimum absolute atomic E-state index is 0.0653. The van der Waals surface area contributed by atoms with Gasteiger partial charge in [0.05, 0.1) is 6.61 Å². The first kappa shape index (κ1) is 22.0. The van der Waals surface area contributed by atoms with Crippen molar-refractivity contribution in [1.29, 1.82) is 0 Å². The monoisotopic (exact) mass is 446 g/mol. The average molecular weight is 447 g/mol. The van der Waals surface area contributed by atoms with Crippen molar-refractivity contribution < 1.29 is 13.9 Å². The predicted octanol–water partition coefficient (Wildman–Crippen LogP) is 4.20. The molecule has 0 bridgehead atoms. The summed E-state index contributed by atoms with van der Waals surface area (Å²) in [6.45, 7) is 3.07. The molecule has 30 heavy (non-hydrogen) atoms. The van der Waals surface area contributed by atoms with Crippen LogP contribution in [0.5, 0.6) is 5.75 Å². The van der Waals surface area contributed by atoms with Crippen LogP contribution in [0, 0.1) is 10.6 Å². The second-order valence-corrected chi connectivity index (χ2v) is 7.88. The van der Waals surface area contributed by atoms with Crippen molar-refractivity contribution in [2.24, 2.45) is 0 Å². The van der Waals surface area contributed by atoms with E-state index in [1.807, 2.05) is 37.3 Å². The average Bonchev–Trinajstić information content (AvgIpc) is 3.10. The second kappa shape index (κ2) is 10.9. The molecule has 0 spiro atoms. The summed E-state index contributed by atoms with van der Waals surface area (Å²) in [7, 11) is 0. The molecule has 0 radical (unpaired) electrons. The fourth-order valence-electron chi connectivity index (χ4n) is 2.81. The summed E-state index contributed by atoms with van der Waals surface area (Å²) in [5.74, 6) is 2.25. The number of benzene rings is 2. The van der Waals surface area contributed by atoms with Crippen LogP contribution in [-0.2, 0) is 17.1 Å². The predicted molar refractivity (Wildman–Crippen MR) is 120 cm³/mol. The van der Waals surface area contributed by atoms with Gasteiger partial charge in [0.15, 0.2) is 10.6 Å². The molecular formula is C21H23FN4O2S2. The summed E-state index contributed by atoms with van der Waals surface area (Å²) in [6.07, 6.45) is 0. The largest absolute Gasteiger partial charge is 0.494 e. The summed E-state index contributed by atoms with van der Waals surface area (Å²) < 4.78 is 21.1. The maximum Gasteiger partial charge on any atom is 0.240 e. The van der Waals surface area contributed by atoms with E-state index in [1.54, 1.807) is 28.5 Å². The van der Waals surface area contributed by atoms with Crippen LogP contribution >= 0.6 is 24.0 Å². The number of aromatic amines is 1. The molecule has 158 valence electrons. The molecule has 6 nitrogen and oxygen atoms in total. The lowest BCUT2D eigenvalue weighted by Crippen LogP contribution is -2.29. The van der Waals surface area contributed by atoms with Gasteiger partial charge in [0.1, 0.15) is 18.1 Å². The van der Waals surface area contributed by atoms with Crippen molar-refractivity contribution in [1.82, 2.24) is 20.1 Å². The highest BCUT2D eigenvalue weighted by Crippen LogP contribution is 2.21. The van der Waals surface area contributed by atoms with Crippen molar-refractivity contribution in [2.45, 2.75) is 19.2 Å². The second-order valence-electron chi connectivity index (χ2n) is 6.39. The van der Waals surface area contributed by atoms with Crippen LogP contribution in [0.25, 0.3) is 11.4 Å². The Balaban J connectivity index is 1.51. The Morgan fingerprint density at radius 2 is 2.03 bits per heavy atom. The number of carbonyl (C=O) groups is 1. The highest BCUT2D eigenvalue weighted by Gasteiger charge is 2.12. The molecule has 0 saturated carbocycles. The van der Waals surface area contributed by atoms with Crippen molar-refractivity contribution in [3.05, 3.63) is 64.7 Å². The number of nitrogens with one attached hydrogen (secondary N) is 2. The fraction of sp³-hybridized carbons (Fsp3) is 0.286. The van der Waals surface area contributed by atoms with Gasteiger partial charge in [-0.25, -0.2) is 4.39 Å². The van der Waals surface area contributed by atoms with E-state index in [9.17, 15) is 9.18 Å². The summed E-state index contributed by atoms with van der Waals surface area (Å²) in [5, 5.41) is 9.87. The lowest BCUT2D eigenvalue weighted by atomic mass is 10.2. The smallest absolute Gasteiger partial charge is 0.240 e. The van der Waals surface area contributed by atoms with Crippen molar-refractivity contribution in [3.63, 3.8) is 0 Å². The van der Waals surface area contributed by atoms with Crippen molar-refractivity contribution in [2.75, 3.05) is 18.9 Å². The van der Waals surface area contributed by atoms with Crippen LogP contribution in [0.2, 0.25) is 0 Å². The molecule has 3 rings (SSSR count). The normalized spacial score (nSPS) is 10.7. The van der Waals surface area contributed by atoms with Crippen LogP contribution in [0.3, 0.4) is 0 Å². The Hall–Kier alpha value is -2.65. The molecule has 0 aliphatic heterocycles. The third kappa shape index (κ3) is 5.93. The molecule has 3 aromatic rings.